The fraction of sp³-hybridized carbons (Fsp3) is 0.273. The zero-order valence-corrected chi connectivity index (χ0v) is 10.2. The minimum atomic E-state index is -6.02. The maximum absolute atomic E-state index is 13.6. The van der Waals surface area contributed by atoms with Crippen molar-refractivity contribution in [2.24, 2.45) is 0 Å². The van der Waals surface area contributed by atoms with Gasteiger partial charge in [0.1, 0.15) is 29.1 Å². The van der Waals surface area contributed by atoms with E-state index >= 15 is 0 Å². The minimum absolute atomic E-state index is 0.373. The van der Waals surface area contributed by atoms with Gasteiger partial charge in [0, 0.05) is 0 Å². The summed E-state index contributed by atoms with van der Waals surface area (Å²) in [6.07, 6.45) is -18.0. The van der Waals surface area contributed by atoms with Crippen LogP contribution in [-0.2, 0) is 18.5 Å². The number of halogens is 10. The zero-order chi connectivity index (χ0) is 18.4. The number of nitrogens with zero attached hydrogens (tertiary/aromatic N) is 2. The van der Waals surface area contributed by atoms with Crippen LogP contribution < -0.4 is 0 Å². The van der Waals surface area contributed by atoms with Gasteiger partial charge in [0.2, 0.25) is 0 Å². The molecule has 0 saturated heterocycles. The Morgan fingerprint density at radius 2 is 0.826 bits per heavy atom. The topological polar surface area (TPSA) is 47.6 Å². The van der Waals surface area contributed by atoms with Crippen LogP contribution in [0, 0.1) is 28.5 Å². The molecule has 0 aliphatic heterocycles. The van der Waals surface area contributed by atoms with Crippen LogP contribution in [0.2, 0.25) is 0 Å². The normalized spacial score (nSPS) is 12.7. The number of hydrogen-bond acceptors (Lipinski definition) is 2. The van der Waals surface area contributed by atoms with E-state index in [2.05, 4.69) is 0 Å². The molecule has 0 spiro atoms. The number of rotatable bonds is 0. The molecular formula is C11F10N2. The van der Waals surface area contributed by atoms with E-state index in [1.54, 1.807) is 0 Å². The molecule has 0 unspecified atom stereocenters. The summed E-state index contributed by atoms with van der Waals surface area (Å²) in [7, 11) is 0. The lowest BCUT2D eigenvalue weighted by molar-refractivity contribution is -0.152. The third kappa shape index (κ3) is 3.16. The summed E-state index contributed by atoms with van der Waals surface area (Å²) in [5, 5.41) is 16.9. The molecule has 0 heterocycles. The smallest absolute Gasteiger partial charge is 0.206 e. The molecular weight excluding hydrogens is 350 g/mol. The Morgan fingerprint density at radius 3 is 1.00 bits per heavy atom. The molecule has 2 nitrogen and oxygen atoms in total. The van der Waals surface area contributed by atoms with Crippen LogP contribution in [-0.4, -0.2) is 0 Å². The van der Waals surface area contributed by atoms with Crippen LogP contribution in [0.1, 0.15) is 27.8 Å². The van der Waals surface area contributed by atoms with Gasteiger partial charge in [-0.15, -0.1) is 0 Å². The van der Waals surface area contributed by atoms with Crippen molar-refractivity contribution in [2.75, 3.05) is 0 Å². The lowest BCUT2D eigenvalue weighted by atomic mass is 9.90. The number of benzene rings is 1. The molecule has 0 amide bonds. The van der Waals surface area contributed by atoms with E-state index in [1.165, 1.54) is 0 Å². The number of hydrogen-bond donors (Lipinski definition) is 0. The van der Waals surface area contributed by atoms with Crippen LogP contribution in [0.15, 0.2) is 0 Å². The maximum atomic E-state index is 13.6. The fourth-order valence-electron chi connectivity index (χ4n) is 1.76. The number of nitriles is 2. The summed E-state index contributed by atoms with van der Waals surface area (Å²) >= 11 is 0. The van der Waals surface area contributed by atoms with E-state index in [4.69, 9.17) is 10.5 Å². The Kier molecular flexibility index (Phi) is 4.27. The quantitative estimate of drug-likeness (QED) is 0.641. The zero-order valence-electron chi connectivity index (χ0n) is 10.2. The van der Waals surface area contributed by atoms with Gasteiger partial charge in [-0.2, -0.15) is 50.0 Å². The first-order chi connectivity index (χ1) is 10.2. The Morgan fingerprint density at radius 1 is 0.565 bits per heavy atom. The molecule has 1 aromatic rings. The highest BCUT2D eigenvalue weighted by Crippen LogP contribution is 2.47. The van der Waals surface area contributed by atoms with Crippen LogP contribution in [0.5, 0.6) is 0 Å². The Labute approximate surface area is 120 Å². The minimum Gasteiger partial charge on any atom is -0.206 e. The van der Waals surface area contributed by atoms with E-state index in [1.807, 2.05) is 0 Å². The third-order valence-corrected chi connectivity index (χ3v) is 2.51. The third-order valence-electron chi connectivity index (χ3n) is 2.51. The second-order valence-electron chi connectivity index (χ2n) is 3.91. The monoisotopic (exact) mass is 350 g/mol. The maximum Gasteiger partial charge on any atom is 0.420 e. The van der Waals surface area contributed by atoms with Gasteiger partial charge >= 0.3 is 18.5 Å². The second kappa shape index (κ2) is 5.30. The summed E-state index contributed by atoms with van der Waals surface area (Å²) in [5.74, 6) is -3.16. The van der Waals surface area contributed by atoms with Gasteiger partial charge in [0.05, 0.1) is 16.7 Å². The molecule has 0 fully saturated rings. The molecule has 0 bridgehead atoms. The lowest BCUT2D eigenvalue weighted by Crippen LogP contribution is -2.24. The summed E-state index contributed by atoms with van der Waals surface area (Å²) in [4.78, 5) is 0. The van der Waals surface area contributed by atoms with Crippen LogP contribution in [0.3, 0.4) is 0 Å². The average molecular weight is 350 g/mol. The predicted molar refractivity (Wildman–Crippen MR) is 50.8 cm³/mol. The molecule has 0 radical (unpaired) electrons. The van der Waals surface area contributed by atoms with Crippen molar-refractivity contribution in [3.05, 3.63) is 33.6 Å². The molecule has 124 valence electrons. The lowest BCUT2D eigenvalue weighted by Gasteiger charge is -2.21. The van der Waals surface area contributed by atoms with E-state index < -0.39 is 52.2 Å². The number of alkyl halides is 9. The summed E-state index contributed by atoms with van der Waals surface area (Å²) in [5.41, 5.74) is -13.7. The highest BCUT2D eigenvalue weighted by atomic mass is 19.4. The molecule has 0 saturated carbocycles. The SMILES string of the molecule is N#Cc1c(C(F)(F)F)c(F)c(C(F)(F)F)c(C#N)c1C(F)(F)F. The van der Waals surface area contributed by atoms with Crippen molar-refractivity contribution >= 4 is 0 Å². The molecule has 0 aromatic heterocycles. The second-order valence-corrected chi connectivity index (χ2v) is 3.91. The van der Waals surface area contributed by atoms with Crippen molar-refractivity contribution in [2.45, 2.75) is 18.5 Å². The largest absolute Gasteiger partial charge is 0.420 e. The Bertz CT molecular complexity index is 671. The van der Waals surface area contributed by atoms with Crippen molar-refractivity contribution < 1.29 is 43.9 Å². The van der Waals surface area contributed by atoms with E-state index in [9.17, 15) is 43.9 Å². The molecule has 1 rings (SSSR count). The first-order valence-corrected chi connectivity index (χ1v) is 5.09. The van der Waals surface area contributed by atoms with Gasteiger partial charge in [-0.1, -0.05) is 0 Å². The van der Waals surface area contributed by atoms with Crippen molar-refractivity contribution in [1.82, 2.24) is 0 Å². The van der Waals surface area contributed by atoms with Crippen LogP contribution >= 0.6 is 0 Å². The van der Waals surface area contributed by atoms with Crippen molar-refractivity contribution in [3.8, 4) is 12.1 Å². The van der Waals surface area contributed by atoms with E-state index in [0.717, 1.165) is 0 Å². The molecule has 0 N–H and O–H groups in total. The highest BCUT2D eigenvalue weighted by molar-refractivity contribution is 5.60. The highest BCUT2D eigenvalue weighted by Gasteiger charge is 2.51. The Hall–Kier alpha value is -2.50. The van der Waals surface area contributed by atoms with Crippen molar-refractivity contribution in [1.29, 1.82) is 10.5 Å². The average Bonchev–Trinajstić information content (AvgIpc) is 2.31. The van der Waals surface area contributed by atoms with Gasteiger partial charge in [0.25, 0.3) is 0 Å². The van der Waals surface area contributed by atoms with E-state index in [-0.39, 0.29) is 0 Å². The summed E-state index contributed by atoms with van der Waals surface area (Å²) < 4.78 is 128. The van der Waals surface area contributed by atoms with Gasteiger partial charge < -0.3 is 0 Å². The molecule has 0 atom stereocenters. The van der Waals surface area contributed by atoms with Crippen LogP contribution in [0.25, 0.3) is 0 Å². The van der Waals surface area contributed by atoms with Gasteiger partial charge in [0.15, 0.2) is 0 Å². The molecule has 0 aliphatic rings. The Balaban J connectivity index is 4.31. The molecule has 1 aromatic carbocycles. The molecule has 23 heavy (non-hydrogen) atoms. The molecule has 0 aliphatic carbocycles. The molecule has 12 heteroatoms. The van der Waals surface area contributed by atoms with Gasteiger partial charge in [-0.3, -0.25) is 0 Å². The van der Waals surface area contributed by atoms with Crippen LogP contribution in [0.4, 0.5) is 43.9 Å². The predicted octanol–water partition coefficient (Wildman–Crippen LogP) is 4.63. The first kappa shape index (κ1) is 18.5. The fourth-order valence-corrected chi connectivity index (χ4v) is 1.76. The standard InChI is InChI=1S/C11F10N2/c12-8-6(10(16,17)18)3(1-22)5(9(13,14)15)4(2-23)7(8)11(19,20)21. The summed E-state index contributed by atoms with van der Waals surface area (Å²) in [6.45, 7) is 0. The summed E-state index contributed by atoms with van der Waals surface area (Å²) in [6, 6.07) is 0.746. The van der Waals surface area contributed by atoms with E-state index in [0.29, 0.717) is 12.1 Å². The van der Waals surface area contributed by atoms with Gasteiger partial charge in [-0.05, 0) is 0 Å². The van der Waals surface area contributed by atoms with Crippen molar-refractivity contribution in [3.63, 3.8) is 0 Å². The van der Waals surface area contributed by atoms with Gasteiger partial charge in [-0.25, -0.2) is 4.39 Å². The first-order valence-electron chi connectivity index (χ1n) is 5.09.